The first kappa shape index (κ1) is 20.2. The minimum absolute atomic E-state index is 0.0804. The number of hydrogen-bond acceptors (Lipinski definition) is 4. The van der Waals surface area contributed by atoms with Crippen molar-refractivity contribution in [2.75, 3.05) is 13.1 Å². The van der Waals surface area contributed by atoms with Gasteiger partial charge in [-0.05, 0) is 50.7 Å². The van der Waals surface area contributed by atoms with Gasteiger partial charge in [0.2, 0.25) is 5.91 Å². The summed E-state index contributed by atoms with van der Waals surface area (Å²) in [6, 6.07) is 9.96. The van der Waals surface area contributed by atoms with E-state index in [1.807, 2.05) is 39.9 Å². The van der Waals surface area contributed by atoms with Gasteiger partial charge in [0.05, 0.1) is 11.4 Å². The van der Waals surface area contributed by atoms with Gasteiger partial charge in [-0.15, -0.1) is 5.10 Å². The summed E-state index contributed by atoms with van der Waals surface area (Å²) in [7, 11) is 0. The lowest BCUT2D eigenvalue weighted by Crippen LogP contribution is -2.48. The molecule has 31 heavy (non-hydrogen) atoms. The van der Waals surface area contributed by atoms with Crippen molar-refractivity contribution in [2.24, 2.45) is 5.92 Å². The van der Waals surface area contributed by atoms with Crippen LogP contribution in [0.3, 0.4) is 0 Å². The standard InChI is InChI=1S/C24H31N5O2/c30-23(21-22(17-11-12-17)29(27-26-21)20-9-5-2-6-10-20)25-19-13-15-28(16-14-19)24(31)18-7-3-1-4-8-18/h2,5-6,9-10,17-19H,1,3-4,7-8,11-16H2,(H,25,30). The van der Waals surface area contributed by atoms with Crippen molar-refractivity contribution in [3.63, 3.8) is 0 Å². The predicted octanol–water partition coefficient (Wildman–Crippen LogP) is 3.45. The molecule has 1 N–H and O–H groups in total. The quantitative estimate of drug-likeness (QED) is 0.802. The van der Waals surface area contributed by atoms with Gasteiger partial charge in [-0.25, -0.2) is 4.68 Å². The third kappa shape index (κ3) is 4.36. The molecule has 0 unspecified atom stereocenters. The van der Waals surface area contributed by atoms with Crippen LogP contribution in [-0.2, 0) is 4.79 Å². The summed E-state index contributed by atoms with van der Waals surface area (Å²) in [5.74, 6) is 0.757. The number of hydrogen-bond donors (Lipinski definition) is 1. The highest BCUT2D eigenvalue weighted by Gasteiger charge is 2.35. The van der Waals surface area contributed by atoms with E-state index in [1.165, 1.54) is 19.3 Å². The number of nitrogens with one attached hydrogen (secondary N) is 1. The van der Waals surface area contributed by atoms with E-state index in [9.17, 15) is 9.59 Å². The normalized spacial score (nSPS) is 20.6. The Morgan fingerprint density at radius 1 is 0.903 bits per heavy atom. The van der Waals surface area contributed by atoms with Crippen LogP contribution in [-0.4, -0.2) is 50.8 Å². The Hall–Kier alpha value is -2.70. The summed E-state index contributed by atoms with van der Waals surface area (Å²) in [6.07, 6.45) is 9.43. The van der Waals surface area contributed by atoms with Gasteiger partial charge >= 0.3 is 0 Å². The second-order valence-corrected chi connectivity index (χ2v) is 9.25. The summed E-state index contributed by atoms with van der Waals surface area (Å²) >= 11 is 0. The van der Waals surface area contributed by atoms with Crippen molar-refractivity contribution in [3.8, 4) is 5.69 Å². The van der Waals surface area contributed by atoms with Gasteiger partial charge in [0.1, 0.15) is 0 Å². The average Bonchev–Trinajstić information content (AvgIpc) is 3.57. The van der Waals surface area contributed by atoms with Crippen LogP contribution >= 0.6 is 0 Å². The average molecular weight is 422 g/mol. The number of amides is 2. The van der Waals surface area contributed by atoms with E-state index in [-0.39, 0.29) is 17.9 Å². The fraction of sp³-hybridized carbons (Fsp3) is 0.583. The van der Waals surface area contributed by atoms with E-state index in [1.54, 1.807) is 0 Å². The minimum atomic E-state index is -0.138. The Morgan fingerprint density at radius 2 is 1.61 bits per heavy atom. The lowest BCUT2D eigenvalue weighted by atomic mass is 9.87. The molecule has 0 spiro atoms. The zero-order valence-corrected chi connectivity index (χ0v) is 18.0. The van der Waals surface area contributed by atoms with Gasteiger partial charge in [0.25, 0.3) is 5.91 Å². The largest absolute Gasteiger partial charge is 0.348 e. The SMILES string of the molecule is O=C(NC1CCN(C(=O)C2CCCCC2)CC1)c1nnn(-c2ccccc2)c1C1CC1. The van der Waals surface area contributed by atoms with Crippen molar-refractivity contribution in [1.29, 1.82) is 0 Å². The summed E-state index contributed by atoms with van der Waals surface area (Å²) in [5, 5.41) is 11.7. The van der Waals surface area contributed by atoms with Crippen LogP contribution in [0.25, 0.3) is 5.69 Å². The zero-order chi connectivity index (χ0) is 21.2. The lowest BCUT2D eigenvalue weighted by Gasteiger charge is -2.35. The fourth-order valence-corrected chi connectivity index (χ4v) is 5.04. The molecule has 1 aliphatic heterocycles. The molecule has 1 aromatic heterocycles. The Morgan fingerprint density at radius 3 is 2.29 bits per heavy atom. The highest BCUT2D eigenvalue weighted by Crippen LogP contribution is 2.42. The number of para-hydroxylation sites is 1. The number of piperidine rings is 1. The second-order valence-electron chi connectivity index (χ2n) is 9.25. The molecule has 3 fully saturated rings. The fourth-order valence-electron chi connectivity index (χ4n) is 5.04. The molecule has 2 amide bonds. The molecule has 7 nitrogen and oxygen atoms in total. The van der Waals surface area contributed by atoms with Crippen molar-refractivity contribution in [1.82, 2.24) is 25.2 Å². The summed E-state index contributed by atoms with van der Waals surface area (Å²) < 4.78 is 1.82. The number of aromatic nitrogens is 3. The summed E-state index contributed by atoms with van der Waals surface area (Å²) in [6.45, 7) is 1.46. The minimum Gasteiger partial charge on any atom is -0.348 e. The summed E-state index contributed by atoms with van der Waals surface area (Å²) in [4.78, 5) is 27.9. The molecule has 0 atom stereocenters. The van der Waals surface area contributed by atoms with Crippen LogP contribution in [0.4, 0.5) is 0 Å². The van der Waals surface area contributed by atoms with Crippen LogP contribution in [0.2, 0.25) is 0 Å². The number of likely N-dealkylation sites (tertiary alicyclic amines) is 1. The van der Waals surface area contributed by atoms with Crippen molar-refractivity contribution < 1.29 is 9.59 Å². The molecular weight excluding hydrogens is 390 g/mol. The molecule has 2 saturated carbocycles. The molecule has 0 radical (unpaired) electrons. The second kappa shape index (κ2) is 8.81. The van der Waals surface area contributed by atoms with Gasteiger partial charge in [-0.1, -0.05) is 42.7 Å². The van der Waals surface area contributed by atoms with Crippen LogP contribution < -0.4 is 5.32 Å². The Bertz CT molecular complexity index is 923. The van der Waals surface area contributed by atoms with Crippen LogP contribution in [0.5, 0.6) is 0 Å². The molecular formula is C24H31N5O2. The highest BCUT2D eigenvalue weighted by atomic mass is 16.2. The van der Waals surface area contributed by atoms with E-state index < -0.39 is 0 Å². The highest BCUT2D eigenvalue weighted by molar-refractivity contribution is 5.94. The first-order valence-corrected chi connectivity index (χ1v) is 11.8. The van der Waals surface area contributed by atoms with Gasteiger partial charge in [-0.2, -0.15) is 0 Å². The molecule has 2 aromatic rings. The van der Waals surface area contributed by atoms with E-state index >= 15 is 0 Å². The number of benzene rings is 1. The van der Waals surface area contributed by atoms with Crippen LogP contribution in [0.1, 0.15) is 79.9 Å². The third-order valence-corrected chi connectivity index (χ3v) is 6.98. The number of carbonyl (C=O) groups is 2. The Balaban J connectivity index is 1.22. The van der Waals surface area contributed by atoms with Gasteiger partial charge in [0, 0.05) is 31.0 Å². The summed E-state index contributed by atoms with van der Waals surface area (Å²) in [5.41, 5.74) is 2.31. The smallest absolute Gasteiger partial charge is 0.274 e. The lowest BCUT2D eigenvalue weighted by molar-refractivity contribution is -0.137. The van der Waals surface area contributed by atoms with Gasteiger partial charge in [-0.3, -0.25) is 9.59 Å². The maximum Gasteiger partial charge on any atom is 0.274 e. The molecule has 5 rings (SSSR count). The van der Waals surface area contributed by atoms with E-state index in [0.29, 0.717) is 17.5 Å². The van der Waals surface area contributed by atoms with E-state index in [2.05, 4.69) is 15.6 Å². The number of carbonyl (C=O) groups excluding carboxylic acids is 2. The molecule has 3 aliphatic rings. The molecule has 2 aliphatic carbocycles. The van der Waals surface area contributed by atoms with E-state index in [0.717, 1.165) is 63.0 Å². The van der Waals surface area contributed by atoms with Crippen molar-refractivity contribution in [2.45, 2.75) is 69.7 Å². The van der Waals surface area contributed by atoms with Gasteiger partial charge < -0.3 is 10.2 Å². The first-order chi connectivity index (χ1) is 15.2. The van der Waals surface area contributed by atoms with Crippen LogP contribution in [0, 0.1) is 5.92 Å². The van der Waals surface area contributed by atoms with Crippen molar-refractivity contribution >= 4 is 11.8 Å². The number of nitrogens with zero attached hydrogens (tertiary/aromatic N) is 4. The maximum absolute atomic E-state index is 13.1. The molecule has 1 saturated heterocycles. The monoisotopic (exact) mass is 421 g/mol. The van der Waals surface area contributed by atoms with Crippen LogP contribution in [0.15, 0.2) is 30.3 Å². The van der Waals surface area contributed by atoms with Gasteiger partial charge in [0.15, 0.2) is 5.69 Å². The number of rotatable bonds is 5. The predicted molar refractivity (Wildman–Crippen MR) is 117 cm³/mol. The third-order valence-electron chi connectivity index (χ3n) is 6.98. The molecule has 164 valence electrons. The zero-order valence-electron chi connectivity index (χ0n) is 18.0. The maximum atomic E-state index is 13.1. The topological polar surface area (TPSA) is 80.1 Å². The first-order valence-electron chi connectivity index (χ1n) is 11.8. The molecule has 1 aromatic carbocycles. The molecule has 7 heteroatoms. The molecule has 2 heterocycles. The Labute approximate surface area is 183 Å². The van der Waals surface area contributed by atoms with Crippen molar-refractivity contribution in [3.05, 3.63) is 41.7 Å². The van der Waals surface area contributed by atoms with E-state index in [4.69, 9.17) is 0 Å². The molecule has 0 bridgehead atoms. The Kier molecular flexibility index (Phi) is 5.74.